The van der Waals surface area contributed by atoms with Crippen molar-refractivity contribution in [1.29, 1.82) is 0 Å². The van der Waals surface area contributed by atoms with Gasteiger partial charge in [-0.2, -0.15) is 0 Å². The van der Waals surface area contributed by atoms with Crippen LogP contribution in [0.15, 0.2) is 17.0 Å². The summed E-state index contributed by atoms with van der Waals surface area (Å²) in [7, 11) is -3.57. The van der Waals surface area contributed by atoms with Crippen molar-refractivity contribution < 1.29 is 8.42 Å². The minimum Gasteiger partial charge on any atom is -0.397 e. The Balaban J connectivity index is 2.84. The van der Waals surface area contributed by atoms with Crippen LogP contribution in [0.1, 0.15) is 11.1 Å². The summed E-state index contributed by atoms with van der Waals surface area (Å²) < 4.78 is 27.0. The lowest BCUT2D eigenvalue weighted by Gasteiger charge is -2.13. The highest BCUT2D eigenvalue weighted by atomic mass is 32.2. The molecule has 0 aliphatic rings. The maximum atomic E-state index is 12.2. The third-order valence-corrected chi connectivity index (χ3v) is 5.13. The Labute approximate surface area is 119 Å². The molecule has 6 heteroatoms. The monoisotopic (exact) mass is 298 g/mol. The molecule has 0 aliphatic carbocycles. The summed E-state index contributed by atoms with van der Waals surface area (Å²) in [6.45, 7) is 3.86. The average Bonchev–Trinajstić information content (AvgIpc) is 2.34. The molecule has 0 unspecified atom stereocenters. The van der Waals surface area contributed by atoms with Crippen molar-refractivity contribution in [1.82, 2.24) is 4.72 Å². The van der Waals surface area contributed by atoms with E-state index < -0.39 is 10.0 Å². The molecule has 0 radical (unpaired) electrons. The summed E-state index contributed by atoms with van der Waals surface area (Å²) >= 11 is 1.51. The largest absolute Gasteiger partial charge is 0.397 e. The van der Waals surface area contributed by atoms with Crippen LogP contribution in [0.3, 0.4) is 0 Å². The number of hydrogen-bond acceptors (Lipinski definition) is 4. The van der Waals surface area contributed by atoms with E-state index in [2.05, 4.69) is 10.6 Å². The Hall–Kier alpha value is -1.16. The molecular formula is C13H18N2O2S2. The molecule has 0 bridgehead atoms. The predicted octanol–water partition coefficient (Wildman–Crippen LogP) is 1.53. The van der Waals surface area contributed by atoms with Gasteiger partial charge >= 0.3 is 0 Å². The van der Waals surface area contributed by atoms with Crippen LogP contribution in [-0.4, -0.2) is 26.5 Å². The summed E-state index contributed by atoms with van der Waals surface area (Å²) in [5.41, 5.74) is 7.58. The second-order valence-electron chi connectivity index (χ2n) is 4.10. The number of hydrogen-bond donors (Lipinski definition) is 2. The van der Waals surface area contributed by atoms with Gasteiger partial charge in [-0.15, -0.1) is 18.2 Å². The zero-order valence-electron chi connectivity index (χ0n) is 11.1. The zero-order chi connectivity index (χ0) is 14.5. The minimum atomic E-state index is -3.57. The molecule has 1 aromatic rings. The highest BCUT2D eigenvalue weighted by molar-refractivity contribution is 7.99. The van der Waals surface area contributed by atoms with Crippen LogP contribution < -0.4 is 10.5 Å². The lowest BCUT2D eigenvalue weighted by atomic mass is 10.1. The number of thioether (sulfide) groups is 1. The summed E-state index contributed by atoms with van der Waals surface area (Å²) in [5.74, 6) is 3.70. The summed E-state index contributed by atoms with van der Waals surface area (Å²) in [6.07, 6.45) is 5.12. The molecule has 1 aromatic carbocycles. The molecule has 3 N–H and O–H groups in total. The number of anilines is 1. The van der Waals surface area contributed by atoms with Gasteiger partial charge in [0.2, 0.25) is 10.0 Å². The first kappa shape index (κ1) is 15.9. The molecule has 19 heavy (non-hydrogen) atoms. The average molecular weight is 298 g/mol. The fourth-order valence-electron chi connectivity index (χ4n) is 1.62. The third-order valence-electron chi connectivity index (χ3n) is 2.60. The Bertz CT molecular complexity index is 589. The molecule has 0 spiro atoms. The SMILES string of the molecule is C#CCSCCNS(=O)(=O)c1c(C)ccc(C)c1N. The number of nitrogen functional groups attached to an aromatic ring is 1. The molecule has 4 nitrogen and oxygen atoms in total. The van der Waals surface area contributed by atoms with Crippen LogP contribution in [0, 0.1) is 26.2 Å². The first-order valence-electron chi connectivity index (χ1n) is 5.76. The number of nitrogens with one attached hydrogen (secondary N) is 1. The van der Waals surface area contributed by atoms with Crippen molar-refractivity contribution in [2.24, 2.45) is 0 Å². The van der Waals surface area contributed by atoms with Gasteiger partial charge in [0.15, 0.2) is 0 Å². The maximum Gasteiger partial charge on any atom is 0.242 e. The fraction of sp³-hybridized carbons (Fsp3) is 0.385. The molecule has 0 amide bonds. The number of terminal acetylenes is 1. The molecule has 0 aliphatic heterocycles. The normalized spacial score (nSPS) is 11.2. The molecule has 0 heterocycles. The zero-order valence-corrected chi connectivity index (χ0v) is 12.7. The van der Waals surface area contributed by atoms with Crippen LogP contribution in [-0.2, 0) is 10.0 Å². The number of rotatable bonds is 6. The Kier molecular flexibility index (Phi) is 5.73. The molecule has 1 rings (SSSR count). The van der Waals surface area contributed by atoms with Gasteiger partial charge in [-0.3, -0.25) is 0 Å². The summed E-state index contributed by atoms with van der Waals surface area (Å²) in [5, 5.41) is 0. The smallest absolute Gasteiger partial charge is 0.242 e. The van der Waals surface area contributed by atoms with Gasteiger partial charge in [-0.05, 0) is 25.0 Å². The van der Waals surface area contributed by atoms with E-state index in [1.54, 1.807) is 19.9 Å². The van der Waals surface area contributed by atoms with Crippen molar-refractivity contribution >= 4 is 27.5 Å². The number of nitrogens with two attached hydrogens (primary N) is 1. The second kappa shape index (κ2) is 6.85. The topological polar surface area (TPSA) is 72.2 Å². The van der Waals surface area contributed by atoms with Gasteiger partial charge in [-0.1, -0.05) is 18.1 Å². The molecular weight excluding hydrogens is 280 g/mol. The van der Waals surface area contributed by atoms with Crippen molar-refractivity contribution in [3.63, 3.8) is 0 Å². The predicted molar refractivity (Wildman–Crippen MR) is 81.7 cm³/mol. The van der Waals surface area contributed by atoms with Gasteiger partial charge in [0.05, 0.1) is 11.4 Å². The van der Waals surface area contributed by atoms with Crippen LogP contribution in [0.25, 0.3) is 0 Å². The summed E-state index contributed by atoms with van der Waals surface area (Å²) in [6, 6.07) is 3.57. The van der Waals surface area contributed by atoms with Crippen molar-refractivity contribution in [3.8, 4) is 12.3 Å². The van der Waals surface area contributed by atoms with Gasteiger partial charge in [-0.25, -0.2) is 13.1 Å². The standard InChI is InChI=1S/C13H18N2O2S2/c1-4-8-18-9-7-15-19(16,17)13-11(3)6-5-10(2)12(13)14/h1,5-6,15H,7-9,14H2,2-3H3. The van der Waals surface area contributed by atoms with E-state index in [1.165, 1.54) is 11.8 Å². The van der Waals surface area contributed by atoms with Crippen LogP contribution in [0.4, 0.5) is 5.69 Å². The molecule has 104 valence electrons. The molecule has 0 saturated carbocycles. The fourth-order valence-corrected chi connectivity index (χ4v) is 3.71. The Morgan fingerprint density at radius 1 is 1.37 bits per heavy atom. The minimum absolute atomic E-state index is 0.175. The molecule has 0 saturated heterocycles. The van der Waals surface area contributed by atoms with Gasteiger partial charge < -0.3 is 5.73 Å². The number of sulfonamides is 1. The van der Waals surface area contributed by atoms with Crippen LogP contribution >= 0.6 is 11.8 Å². The van der Waals surface area contributed by atoms with E-state index in [-0.39, 0.29) is 4.90 Å². The molecule has 0 aromatic heterocycles. The molecule has 0 atom stereocenters. The Morgan fingerprint density at radius 3 is 2.63 bits per heavy atom. The second-order valence-corrected chi connectivity index (χ2v) is 6.91. The highest BCUT2D eigenvalue weighted by Crippen LogP contribution is 2.25. The third kappa shape index (κ3) is 4.16. The number of aryl methyl sites for hydroxylation is 2. The van der Waals surface area contributed by atoms with Gasteiger partial charge in [0.1, 0.15) is 4.90 Å². The lowest BCUT2D eigenvalue weighted by molar-refractivity contribution is 0.584. The first-order valence-corrected chi connectivity index (χ1v) is 8.40. The van der Waals surface area contributed by atoms with E-state index in [0.717, 1.165) is 5.56 Å². The van der Waals surface area contributed by atoms with Crippen LogP contribution in [0.5, 0.6) is 0 Å². The van der Waals surface area contributed by atoms with E-state index in [0.29, 0.717) is 29.3 Å². The lowest BCUT2D eigenvalue weighted by Crippen LogP contribution is -2.27. The maximum absolute atomic E-state index is 12.2. The Morgan fingerprint density at radius 2 is 2.00 bits per heavy atom. The van der Waals surface area contributed by atoms with E-state index in [1.807, 2.05) is 6.07 Å². The number of benzene rings is 1. The quantitative estimate of drug-likeness (QED) is 0.474. The van der Waals surface area contributed by atoms with Gasteiger partial charge in [0.25, 0.3) is 0 Å². The molecule has 0 fully saturated rings. The van der Waals surface area contributed by atoms with E-state index >= 15 is 0 Å². The first-order chi connectivity index (χ1) is 8.90. The van der Waals surface area contributed by atoms with E-state index in [4.69, 9.17) is 12.2 Å². The van der Waals surface area contributed by atoms with Crippen molar-refractivity contribution in [3.05, 3.63) is 23.3 Å². The summed E-state index contributed by atoms with van der Waals surface area (Å²) in [4.78, 5) is 0.175. The van der Waals surface area contributed by atoms with Crippen molar-refractivity contribution in [2.45, 2.75) is 18.7 Å². The highest BCUT2D eigenvalue weighted by Gasteiger charge is 2.20. The van der Waals surface area contributed by atoms with E-state index in [9.17, 15) is 8.42 Å². The van der Waals surface area contributed by atoms with Crippen LogP contribution in [0.2, 0.25) is 0 Å². The van der Waals surface area contributed by atoms with Crippen molar-refractivity contribution in [2.75, 3.05) is 23.8 Å². The van der Waals surface area contributed by atoms with Gasteiger partial charge in [0, 0.05) is 12.3 Å².